The molecule has 0 saturated heterocycles. The number of carbonyl (C=O) groups is 1. The number of anilines is 1. The summed E-state index contributed by atoms with van der Waals surface area (Å²) in [4.78, 5) is 11.8. The average Bonchev–Trinajstić information content (AvgIpc) is 2.61. The summed E-state index contributed by atoms with van der Waals surface area (Å²) >= 11 is 0. The molecule has 3 aromatic rings. The van der Waals surface area contributed by atoms with E-state index in [-0.39, 0.29) is 10.5 Å². The number of methoxy groups -OCH3 is 1. The zero-order valence-electron chi connectivity index (χ0n) is 13.8. The smallest absolute Gasteiger partial charge is 0.338 e. The van der Waals surface area contributed by atoms with Crippen LogP contribution in [0, 0.1) is 6.92 Å². The highest BCUT2D eigenvalue weighted by Crippen LogP contribution is 2.26. The van der Waals surface area contributed by atoms with E-state index in [0.29, 0.717) is 11.3 Å². The van der Waals surface area contributed by atoms with Crippen LogP contribution in [0.25, 0.3) is 10.8 Å². The van der Waals surface area contributed by atoms with Crippen LogP contribution in [0.1, 0.15) is 15.9 Å². The lowest BCUT2D eigenvalue weighted by molar-refractivity contribution is 0.0599. The van der Waals surface area contributed by atoms with Crippen LogP contribution >= 0.6 is 0 Å². The predicted octanol–water partition coefficient (Wildman–Crippen LogP) is 3.74. The van der Waals surface area contributed by atoms with Gasteiger partial charge in [-0.3, -0.25) is 4.72 Å². The lowest BCUT2D eigenvalue weighted by Crippen LogP contribution is -2.15. The molecule has 0 spiro atoms. The van der Waals surface area contributed by atoms with E-state index in [1.54, 1.807) is 25.1 Å². The van der Waals surface area contributed by atoms with Gasteiger partial charge in [-0.05, 0) is 36.1 Å². The van der Waals surface area contributed by atoms with Gasteiger partial charge in [0.1, 0.15) is 0 Å². The van der Waals surface area contributed by atoms with Gasteiger partial charge in [-0.25, -0.2) is 13.2 Å². The first-order valence-electron chi connectivity index (χ1n) is 7.62. The van der Waals surface area contributed by atoms with Crippen LogP contribution in [0.4, 0.5) is 5.69 Å². The molecule has 128 valence electrons. The molecule has 0 aliphatic carbocycles. The fraction of sp³-hybridized carbons (Fsp3) is 0.105. The lowest BCUT2D eigenvalue weighted by atomic mass is 10.1. The van der Waals surface area contributed by atoms with Gasteiger partial charge < -0.3 is 4.74 Å². The highest BCUT2D eigenvalue weighted by atomic mass is 32.2. The minimum atomic E-state index is -3.84. The third-order valence-electron chi connectivity index (χ3n) is 3.96. The second kappa shape index (κ2) is 6.57. The van der Waals surface area contributed by atoms with Crippen molar-refractivity contribution >= 4 is 32.5 Å². The standard InChI is InChI=1S/C19H17NO4S/c1-13-10-11-15(12-17(13)19(21)24-2)25(22,23)20-18-9-5-7-14-6-3-4-8-16(14)18/h3-12,20H,1-2H3. The van der Waals surface area contributed by atoms with E-state index in [0.717, 1.165) is 10.8 Å². The summed E-state index contributed by atoms with van der Waals surface area (Å²) < 4.78 is 32.8. The van der Waals surface area contributed by atoms with E-state index in [4.69, 9.17) is 4.74 Å². The minimum absolute atomic E-state index is 0.00596. The first kappa shape index (κ1) is 17.0. The van der Waals surface area contributed by atoms with E-state index in [9.17, 15) is 13.2 Å². The molecular weight excluding hydrogens is 338 g/mol. The first-order chi connectivity index (χ1) is 11.9. The maximum atomic E-state index is 12.8. The second-order valence-electron chi connectivity index (χ2n) is 5.60. The Morgan fingerprint density at radius 2 is 1.72 bits per heavy atom. The molecule has 0 aromatic heterocycles. The van der Waals surface area contributed by atoms with Crippen molar-refractivity contribution in [2.24, 2.45) is 0 Å². The average molecular weight is 355 g/mol. The molecule has 3 rings (SSSR count). The summed E-state index contributed by atoms with van der Waals surface area (Å²) in [5.41, 5.74) is 1.36. The van der Waals surface area contributed by atoms with Crippen LogP contribution in [-0.2, 0) is 14.8 Å². The molecule has 0 aliphatic rings. The number of hydrogen-bond donors (Lipinski definition) is 1. The minimum Gasteiger partial charge on any atom is -0.465 e. The van der Waals surface area contributed by atoms with Crippen LogP contribution < -0.4 is 4.72 Å². The number of rotatable bonds is 4. The summed E-state index contributed by atoms with van der Waals surface area (Å²) in [5, 5.41) is 1.73. The number of esters is 1. The van der Waals surface area contributed by atoms with Gasteiger partial charge in [0.15, 0.2) is 0 Å². The Labute approximate surface area is 146 Å². The normalized spacial score (nSPS) is 11.3. The van der Waals surface area contributed by atoms with Gasteiger partial charge in [0.05, 0.1) is 23.3 Å². The van der Waals surface area contributed by atoms with Crippen molar-refractivity contribution in [3.05, 3.63) is 71.8 Å². The van der Waals surface area contributed by atoms with E-state index in [2.05, 4.69) is 4.72 Å². The third kappa shape index (κ3) is 3.34. The number of ether oxygens (including phenoxy) is 1. The predicted molar refractivity (Wildman–Crippen MR) is 97.3 cm³/mol. The van der Waals surface area contributed by atoms with E-state index >= 15 is 0 Å². The fourth-order valence-corrected chi connectivity index (χ4v) is 3.72. The quantitative estimate of drug-likeness (QED) is 0.724. The number of aryl methyl sites for hydroxylation is 1. The molecule has 0 saturated carbocycles. The van der Waals surface area contributed by atoms with Gasteiger partial charge in [0.25, 0.3) is 10.0 Å². The highest BCUT2D eigenvalue weighted by Gasteiger charge is 2.19. The Kier molecular flexibility index (Phi) is 4.46. The van der Waals surface area contributed by atoms with Gasteiger partial charge in [-0.15, -0.1) is 0 Å². The SMILES string of the molecule is COC(=O)c1cc(S(=O)(=O)Nc2cccc3ccccc23)ccc1C. The number of hydrogen-bond acceptors (Lipinski definition) is 4. The Hall–Kier alpha value is -2.86. The van der Waals surface area contributed by atoms with Crippen molar-refractivity contribution in [3.63, 3.8) is 0 Å². The number of nitrogens with one attached hydrogen (secondary N) is 1. The Balaban J connectivity index is 2.04. The first-order valence-corrected chi connectivity index (χ1v) is 9.10. The highest BCUT2D eigenvalue weighted by molar-refractivity contribution is 7.92. The molecule has 0 aliphatic heterocycles. The molecule has 0 amide bonds. The Morgan fingerprint density at radius 3 is 2.48 bits per heavy atom. The molecule has 0 fully saturated rings. The molecule has 0 atom stereocenters. The largest absolute Gasteiger partial charge is 0.465 e. The van der Waals surface area contributed by atoms with Crippen molar-refractivity contribution in [2.75, 3.05) is 11.8 Å². The number of sulfonamides is 1. The molecule has 5 nitrogen and oxygen atoms in total. The number of benzene rings is 3. The van der Waals surface area contributed by atoms with Gasteiger partial charge in [0, 0.05) is 5.39 Å². The molecule has 6 heteroatoms. The zero-order valence-corrected chi connectivity index (χ0v) is 14.6. The van der Waals surface area contributed by atoms with E-state index in [1.165, 1.54) is 19.2 Å². The molecule has 3 aromatic carbocycles. The van der Waals surface area contributed by atoms with Gasteiger partial charge >= 0.3 is 5.97 Å². The summed E-state index contributed by atoms with van der Waals surface area (Å²) in [6, 6.07) is 17.3. The number of carbonyl (C=O) groups excluding carboxylic acids is 1. The lowest BCUT2D eigenvalue weighted by Gasteiger charge is -2.12. The van der Waals surface area contributed by atoms with Crippen molar-refractivity contribution in [1.82, 2.24) is 0 Å². The molecule has 25 heavy (non-hydrogen) atoms. The summed E-state index contributed by atoms with van der Waals surface area (Å²) in [6.45, 7) is 1.72. The van der Waals surface area contributed by atoms with E-state index in [1.807, 2.05) is 30.3 Å². The maximum absolute atomic E-state index is 12.8. The van der Waals surface area contributed by atoms with Crippen LogP contribution in [0.5, 0.6) is 0 Å². The molecular formula is C19H17NO4S. The van der Waals surface area contributed by atoms with Gasteiger partial charge in [-0.1, -0.05) is 42.5 Å². The molecule has 0 radical (unpaired) electrons. The molecule has 0 heterocycles. The van der Waals surface area contributed by atoms with E-state index < -0.39 is 16.0 Å². The van der Waals surface area contributed by atoms with Gasteiger partial charge in [-0.2, -0.15) is 0 Å². The third-order valence-corrected chi connectivity index (χ3v) is 5.32. The topological polar surface area (TPSA) is 72.5 Å². The second-order valence-corrected chi connectivity index (χ2v) is 7.28. The molecule has 0 unspecified atom stereocenters. The van der Waals surface area contributed by atoms with Crippen molar-refractivity contribution in [2.45, 2.75) is 11.8 Å². The summed E-state index contributed by atoms with van der Waals surface area (Å²) in [6.07, 6.45) is 0. The maximum Gasteiger partial charge on any atom is 0.338 e. The van der Waals surface area contributed by atoms with Crippen molar-refractivity contribution in [3.8, 4) is 0 Å². The van der Waals surface area contributed by atoms with Crippen molar-refractivity contribution in [1.29, 1.82) is 0 Å². The zero-order chi connectivity index (χ0) is 18.0. The molecule has 1 N–H and O–H groups in total. The van der Waals surface area contributed by atoms with Crippen LogP contribution in [0.3, 0.4) is 0 Å². The van der Waals surface area contributed by atoms with Gasteiger partial charge in [0.2, 0.25) is 0 Å². The number of fused-ring (bicyclic) bond motifs is 1. The summed E-state index contributed by atoms with van der Waals surface area (Å²) in [7, 11) is -2.58. The monoisotopic (exact) mass is 355 g/mol. The Bertz CT molecular complexity index is 1050. The Morgan fingerprint density at radius 1 is 1.00 bits per heavy atom. The van der Waals surface area contributed by atoms with Crippen LogP contribution in [-0.4, -0.2) is 21.5 Å². The summed E-state index contributed by atoms with van der Waals surface area (Å²) in [5.74, 6) is -0.570. The fourth-order valence-electron chi connectivity index (χ4n) is 2.62. The molecule has 0 bridgehead atoms. The van der Waals surface area contributed by atoms with Crippen LogP contribution in [0.15, 0.2) is 65.6 Å². The van der Waals surface area contributed by atoms with Crippen molar-refractivity contribution < 1.29 is 17.9 Å². The van der Waals surface area contributed by atoms with Crippen LogP contribution in [0.2, 0.25) is 0 Å².